The van der Waals surface area contributed by atoms with E-state index in [0.717, 1.165) is 18.8 Å². The summed E-state index contributed by atoms with van der Waals surface area (Å²) in [5.41, 5.74) is 2.24. The molecule has 1 fully saturated rings. The van der Waals surface area contributed by atoms with Crippen LogP contribution in [0.1, 0.15) is 6.92 Å². The molecule has 1 aliphatic heterocycles. The van der Waals surface area contributed by atoms with Gasteiger partial charge in [0.05, 0.1) is 13.2 Å². The molecule has 148 valence electrons. The van der Waals surface area contributed by atoms with Crippen molar-refractivity contribution in [1.82, 2.24) is 0 Å². The van der Waals surface area contributed by atoms with Crippen LogP contribution in [0, 0.1) is 0 Å². The number of hydrogen-bond donors (Lipinski definition) is 2. The summed E-state index contributed by atoms with van der Waals surface area (Å²) in [5, 5.41) is 5.85. The molecular formula is C20H22ClN3O4. The van der Waals surface area contributed by atoms with Crippen molar-refractivity contribution in [2.24, 2.45) is 0 Å². The van der Waals surface area contributed by atoms with Gasteiger partial charge in [0, 0.05) is 35.2 Å². The van der Waals surface area contributed by atoms with Gasteiger partial charge in [0.15, 0.2) is 6.10 Å². The van der Waals surface area contributed by atoms with Crippen LogP contribution in [0.15, 0.2) is 48.5 Å². The zero-order valence-electron chi connectivity index (χ0n) is 15.5. The molecule has 1 saturated heterocycles. The van der Waals surface area contributed by atoms with Crippen LogP contribution < -0.4 is 15.5 Å². The third-order valence-corrected chi connectivity index (χ3v) is 4.51. The fraction of sp³-hybridized carbons (Fsp3) is 0.300. The Hall–Kier alpha value is -2.77. The van der Waals surface area contributed by atoms with Gasteiger partial charge in [0.2, 0.25) is 0 Å². The Kier molecular flexibility index (Phi) is 6.73. The number of benzene rings is 2. The molecule has 0 bridgehead atoms. The fourth-order valence-corrected chi connectivity index (χ4v) is 2.84. The Morgan fingerprint density at radius 1 is 1.00 bits per heavy atom. The highest BCUT2D eigenvalue weighted by atomic mass is 35.5. The molecule has 1 aliphatic rings. The van der Waals surface area contributed by atoms with Gasteiger partial charge in [0.1, 0.15) is 0 Å². The fourth-order valence-electron chi connectivity index (χ4n) is 2.72. The maximum absolute atomic E-state index is 12.3. The van der Waals surface area contributed by atoms with E-state index in [1.54, 1.807) is 24.3 Å². The van der Waals surface area contributed by atoms with E-state index in [-0.39, 0.29) is 0 Å². The number of morpholine rings is 1. The van der Waals surface area contributed by atoms with E-state index in [0.29, 0.717) is 29.6 Å². The monoisotopic (exact) mass is 403 g/mol. The number of amides is 2. The lowest BCUT2D eigenvalue weighted by Gasteiger charge is -2.28. The van der Waals surface area contributed by atoms with E-state index in [2.05, 4.69) is 15.5 Å². The highest BCUT2D eigenvalue weighted by Crippen LogP contribution is 2.19. The standard InChI is InChI=1S/C20H22ClN3O4/c1-14(28-20(26)23-17-4-2-15(21)3-5-17)19(25)22-16-6-8-18(9-7-16)24-10-12-27-13-11-24/h2-9,14H,10-13H2,1H3,(H,22,25)(H,23,26). The molecular weight excluding hydrogens is 382 g/mol. The van der Waals surface area contributed by atoms with E-state index in [9.17, 15) is 9.59 Å². The first-order valence-corrected chi connectivity index (χ1v) is 9.36. The second-order valence-electron chi connectivity index (χ2n) is 6.31. The lowest BCUT2D eigenvalue weighted by atomic mass is 10.2. The van der Waals surface area contributed by atoms with Gasteiger partial charge in [-0.3, -0.25) is 10.1 Å². The summed E-state index contributed by atoms with van der Waals surface area (Å²) in [6.45, 7) is 4.63. The molecule has 2 amide bonds. The van der Waals surface area contributed by atoms with Crippen molar-refractivity contribution in [3.63, 3.8) is 0 Å². The molecule has 2 aromatic carbocycles. The quantitative estimate of drug-likeness (QED) is 0.794. The largest absolute Gasteiger partial charge is 0.436 e. The van der Waals surface area contributed by atoms with Crippen molar-refractivity contribution in [2.75, 3.05) is 41.8 Å². The number of nitrogens with zero attached hydrogens (tertiary/aromatic N) is 1. The summed E-state index contributed by atoms with van der Waals surface area (Å²) in [6.07, 6.45) is -1.67. The second kappa shape index (κ2) is 9.43. The van der Waals surface area contributed by atoms with Crippen LogP contribution in [0.5, 0.6) is 0 Å². The van der Waals surface area contributed by atoms with E-state index in [1.807, 2.05) is 24.3 Å². The predicted molar refractivity (Wildman–Crippen MR) is 109 cm³/mol. The lowest BCUT2D eigenvalue weighted by molar-refractivity contribution is -0.123. The number of anilines is 3. The van der Waals surface area contributed by atoms with E-state index in [4.69, 9.17) is 21.1 Å². The molecule has 7 nitrogen and oxygen atoms in total. The topological polar surface area (TPSA) is 79.9 Å². The van der Waals surface area contributed by atoms with Crippen LogP contribution in [0.25, 0.3) is 0 Å². The highest BCUT2D eigenvalue weighted by Gasteiger charge is 2.18. The molecule has 0 spiro atoms. The molecule has 1 atom stereocenters. The summed E-state index contributed by atoms with van der Waals surface area (Å²) in [6, 6.07) is 14.1. The minimum Gasteiger partial charge on any atom is -0.436 e. The summed E-state index contributed by atoms with van der Waals surface area (Å²) < 4.78 is 10.5. The first-order valence-electron chi connectivity index (χ1n) is 8.98. The van der Waals surface area contributed by atoms with E-state index < -0.39 is 18.1 Å². The van der Waals surface area contributed by atoms with Crippen molar-refractivity contribution in [3.8, 4) is 0 Å². The molecule has 0 radical (unpaired) electrons. The molecule has 0 aromatic heterocycles. The number of hydrogen-bond acceptors (Lipinski definition) is 5. The van der Waals surface area contributed by atoms with Gasteiger partial charge in [-0.1, -0.05) is 11.6 Å². The molecule has 2 aromatic rings. The van der Waals surface area contributed by atoms with Crippen LogP contribution in [0.4, 0.5) is 21.9 Å². The van der Waals surface area contributed by atoms with Crippen molar-refractivity contribution in [2.45, 2.75) is 13.0 Å². The Balaban J connectivity index is 1.49. The van der Waals surface area contributed by atoms with Gasteiger partial charge in [-0.2, -0.15) is 0 Å². The van der Waals surface area contributed by atoms with Gasteiger partial charge in [-0.05, 0) is 55.5 Å². The molecule has 0 aliphatic carbocycles. The third-order valence-electron chi connectivity index (χ3n) is 4.25. The zero-order chi connectivity index (χ0) is 19.9. The Morgan fingerprint density at radius 2 is 1.57 bits per heavy atom. The van der Waals surface area contributed by atoms with E-state index >= 15 is 0 Å². The van der Waals surface area contributed by atoms with Crippen LogP contribution in [0.2, 0.25) is 5.02 Å². The second-order valence-corrected chi connectivity index (χ2v) is 6.75. The summed E-state index contributed by atoms with van der Waals surface area (Å²) >= 11 is 5.80. The maximum atomic E-state index is 12.3. The zero-order valence-corrected chi connectivity index (χ0v) is 16.2. The Labute approximate surface area is 168 Å². The lowest BCUT2D eigenvalue weighted by Crippen LogP contribution is -2.36. The minimum atomic E-state index is -0.953. The molecule has 8 heteroatoms. The van der Waals surface area contributed by atoms with Crippen LogP contribution in [0.3, 0.4) is 0 Å². The number of carbonyl (C=O) groups excluding carboxylic acids is 2. The molecule has 3 rings (SSSR count). The van der Waals surface area contributed by atoms with Crippen molar-refractivity contribution in [1.29, 1.82) is 0 Å². The van der Waals surface area contributed by atoms with Crippen molar-refractivity contribution in [3.05, 3.63) is 53.6 Å². The molecule has 2 N–H and O–H groups in total. The first-order chi connectivity index (χ1) is 13.5. The number of nitrogens with one attached hydrogen (secondary N) is 2. The van der Waals surface area contributed by atoms with E-state index in [1.165, 1.54) is 6.92 Å². The number of halogens is 1. The van der Waals surface area contributed by atoms with Gasteiger partial charge in [-0.25, -0.2) is 4.79 Å². The molecule has 0 saturated carbocycles. The highest BCUT2D eigenvalue weighted by molar-refractivity contribution is 6.30. The van der Waals surface area contributed by atoms with Gasteiger partial charge in [0.25, 0.3) is 5.91 Å². The van der Waals surface area contributed by atoms with Crippen LogP contribution in [-0.2, 0) is 14.3 Å². The van der Waals surface area contributed by atoms with Crippen LogP contribution in [-0.4, -0.2) is 44.4 Å². The number of rotatable bonds is 5. The van der Waals surface area contributed by atoms with Crippen molar-refractivity contribution >= 4 is 40.7 Å². The van der Waals surface area contributed by atoms with Gasteiger partial charge < -0.3 is 19.7 Å². The minimum absolute atomic E-state index is 0.412. The third kappa shape index (κ3) is 5.61. The average molecular weight is 404 g/mol. The predicted octanol–water partition coefficient (Wildman–Crippen LogP) is 3.75. The molecule has 1 unspecified atom stereocenters. The Bertz CT molecular complexity index is 805. The maximum Gasteiger partial charge on any atom is 0.412 e. The number of carbonyl (C=O) groups is 2. The normalized spacial score (nSPS) is 14.9. The smallest absolute Gasteiger partial charge is 0.412 e. The summed E-state index contributed by atoms with van der Waals surface area (Å²) in [7, 11) is 0. The van der Waals surface area contributed by atoms with Gasteiger partial charge in [-0.15, -0.1) is 0 Å². The summed E-state index contributed by atoms with van der Waals surface area (Å²) in [4.78, 5) is 26.4. The van der Waals surface area contributed by atoms with Crippen molar-refractivity contribution < 1.29 is 19.1 Å². The summed E-state index contributed by atoms with van der Waals surface area (Å²) in [5.74, 6) is -0.412. The molecule has 28 heavy (non-hydrogen) atoms. The Morgan fingerprint density at radius 3 is 2.21 bits per heavy atom. The molecule has 1 heterocycles. The average Bonchev–Trinajstić information content (AvgIpc) is 2.71. The van der Waals surface area contributed by atoms with Gasteiger partial charge >= 0.3 is 6.09 Å². The first kappa shape index (κ1) is 20.0. The number of ether oxygens (including phenoxy) is 2. The SMILES string of the molecule is CC(OC(=O)Nc1ccc(Cl)cc1)C(=O)Nc1ccc(N2CCOCC2)cc1. The van der Waals surface area contributed by atoms with Crippen LogP contribution >= 0.6 is 11.6 Å².